The Balaban J connectivity index is 1.94. The minimum atomic E-state index is -4.69. The molecule has 9 heteroatoms. The number of nitro groups is 1. The third-order valence-electron chi connectivity index (χ3n) is 6.08. The minimum Gasteiger partial charge on any atom is -0.294 e. The monoisotopic (exact) mass is 458 g/mol. The van der Waals surface area contributed by atoms with Crippen LogP contribution in [-0.2, 0) is 15.8 Å². The standard InChI is InChI=1S/C24H21F3N2O4/c1-23(2)12-19-22(20(30)13-23)16(14-6-5-7-15(10-14)29(32)33)11-21(31)28(19)18-9-4-3-8-17(18)24(25,26)27/h3-10,16H,11-13H2,1-2H3. The molecule has 1 aliphatic carbocycles. The fourth-order valence-corrected chi connectivity index (χ4v) is 4.74. The summed E-state index contributed by atoms with van der Waals surface area (Å²) in [7, 11) is 0. The molecule has 172 valence electrons. The zero-order valence-corrected chi connectivity index (χ0v) is 18.0. The van der Waals surface area contributed by atoms with Gasteiger partial charge in [0.15, 0.2) is 5.78 Å². The number of Topliss-reactive ketones (excluding diaryl/α,β-unsaturated/α-hetero) is 1. The smallest absolute Gasteiger partial charge is 0.294 e. The molecule has 0 spiro atoms. The van der Waals surface area contributed by atoms with Gasteiger partial charge in [-0.1, -0.05) is 38.1 Å². The van der Waals surface area contributed by atoms with Crippen molar-refractivity contribution >= 4 is 23.1 Å². The van der Waals surface area contributed by atoms with E-state index >= 15 is 0 Å². The molecule has 1 aliphatic heterocycles. The average Bonchev–Trinajstić information content (AvgIpc) is 2.71. The van der Waals surface area contributed by atoms with Crippen molar-refractivity contribution in [2.75, 3.05) is 4.90 Å². The maximum absolute atomic E-state index is 13.8. The number of para-hydroxylation sites is 1. The molecule has 2 aromatic carbocycles. The summed E-state index contributed by atoms with van der Waals surface area (Å²) in [6, 6.07) is 10.5. The first-order valence-corrected chi connectivity index (χ1v) is 10.4. The summed E-state index contributed by atoms with van der Waals surface area (Å²) >= 11 is 0. The number of hydrogen-bond donors (Lipinski definition) is 0. The molecule has 0 saturated heterocycles. The van der Waals surface area contributed by atoms with E-state index in [-0.39, 0.29) is 47.7 Å². The van der Waals surface area contributed by atoms with Crippen LogP contribution in [0.15, 0.2) is 59.8 Å². The Bertz CT molecular complexity index is 1200. The number of nitro benzene ring substituents is 1. The fraction of sp³-hybridized carbons (Fsp3) is 0.333. The van der Waals surface area contributed by atoms with Crippen molar-refractivity contribution in [3.63, 3.8) is 0 Å². The Kier molecular flexibility index (Phi) is 5.38. The lowest BCUT2D eigenvalue weighted by molar-refractivity contribution is -0.384. The summed E-state index contributed by atoms with van der Waals surface area (Å²) < 4.78 is 41.3. The molecule has 0 N–H and O–H groups in total. The Morgan fingerprint density at radius 1 is 1.06 bits per heavy atom. The van der Waals surface area contributed by atoms with E-state index in [9.17, 15) is 32.9 Å². The number of ketones is 1. The summed E-state index contributed by atoms with van der Waals surface area (Å²) in [5.41, 5.74) is -1.11. The maximum Gasteiger partial charge on any atom is 0.418 e. The first-order chi connectivity index (χ1) is 15.4. The number of anilines is 1. The van der Waals surface area contributed by atoms with Gasteiger partial charge in [-0.25, -0.2) is 0 Å². The van der Waals surface area contributed by atoms with Gasteiger partial charge in [-0.15, -0.1) is 0 Å². The molecular weight excluding hydrogens is 437 g/mol. The van der Waals surface area contributed by atoms with Crippen LogP contribution in [0.4, 0.5) is 24.5 Å². The lowest BCUT2D eigenvalue weighted by atomic mass is 9.69. The van der Waals surface area contributed by atoms with E-state index in [1.165, 1.54) is 36.4 Å². The third-order valence-corrected chi connectivity index (χ3v) is 6.08. The zero-order valence-electron chi connectivity index (χ0n) is 18.0. The molecule has 0 bridgehead atoms. The van der Waals surface area contributed by atoms with Gasteiger partial charge in [0.2, 0.25) is 5.91 Å². The number of halogens is 3. The molecule has 1 heterocycles. The normalized spacial score (nSPS) is 20.6. The van der Waals surface area contributed by atoms with Crippen LogP contribution >= 0.6 is 0 Å². The summed E-state index contributed by atoms with van der Waals surface area (Å²) in [5.74, 6) is -1.61. The van der Waals surface area contributed by atoms with Crippen molar-refractivity contribution < 1.29 is 27.7 Å². The Morgan fingerprint density at radius 2 is 1.76 bits per heavy atom. The Labute approximate surface area is 187 Å². The zero-order chi connectivity index (χ0) is 24.1. The van der Waals surface area contributed by atoms with Gasteiger partial charge in [0.1, 0.15) is 0 Å². The van der Waals surface area contributed by atoms with E-state index in [1.54, 1.807) is 6.07 Å². The molecular formula is C24H21F3N2O4. The lowest BCUT2D eigenvalue weighted by Gasteiger charge is -2.43. The Hall–Kier alpha value is -3.49. The fourth-order valence-electron chi connectivity index (χ4n) is 4.74. The van der Waals surface area contributed by atoms with Crippen molar-refractivity contribution in [3.8, 4) is 0 Å². The van der Waals surface area contributed by atoms with Crippen LogP contribution < -0.4 is 4.90 Å². The van der Waals surface area contributed by atoms with Gasteiger partial charge in [0.25, 0.3) is 5.69 Å². The number of nitrogens with zero attached hydrogens (tertiary/aromatic N) is 2. The van der Waals surface area contributed by atoms with E-state index in [0.29, 0.717) is 5.56 Å². The molecule has 4 rings (SSSR count). The molecule has 1 unspecified atom stereocenters. The van der Waals surface area contributed by atoms with Crippen LogP contribution in [0.3, 0.4) is 0 Å². The van der Waals surface area contributed by atoms with Crippen molar-refractivity contribution in [1.29, 1.82) is 0 Å². The van der Waals surface area contributed by atoms with E-state index < -0.39 is 33.9 Å². The second kappa shape index (κ2) is 7.83. The van der Waals surface area contributed by atoms with Crippen LogP contribution in [0.5, 0.6) is 0 Å². The number of carbonyl (C=O) groups is 2. The summed E-state index contributed by atoms with van der Waals surface area (Å²) in [4.78, 5) is 38.3. The van der Waals surface area contributed by atoms with Gasteiger partial charge >= 0.3 is 6.18 Å². The molecule has 2 aromatic rings. The highest BCUT2D eigenvalue weighted by Crippen LogP contribution is 2.50. The number of allylic oxidation sites excluding steroid dienone is 2. The number of carbonyl (C=O) groups excluding carboxylic acids is 2. The molecule has 0 fully saturated rings. The number of hydrogen-bond acceptors (Lipinski definition) is 4. The minimum absolute atomic E-state index is 0.167. The SMILES string of the molecule is CC1(C)CC(=O)C2=C(C1)N(c1ccccc1C(F)(F)F)C(=O)CC2c1cccc([N+](=O)[O-])c1. The van der Waals surface area contributed by atoms with Crippen molar-refractivity contribution in [2.24, 2.45) is 5.41 Å². The lowest BCUT2D eigenvalue weighted by Crippen LogP contribution is -2.44. The van der Waals surface area contributed by atoms with E-state index in [4.69, 9.17) is 0 Å². The first kappa shape index (κ1) is 22.7. The molecule has 0 saturated carbocycles. The number of non-ortho nitro benzene ring substituents is 1. The van der Waals surface area contributed by atoms with Gasteiger partial charge in [-0.3, -0.25) is 24.6 Å². The number of benzene rings is 2. The first-order valence-electron chi connectivity index (χ1n) is 10.4. The van der Waals surface area contributed by atoms with E-state index in [2.05, 4.69) is 0 Å². The largest absolute Gasteiger partial charge is 0.418 e. The second-order valence-electron chi connectivity index (χ2n) is 9.15. The van der Waals surface area contributed by atoms with Crippen molar-refractivity contribution in [3.05, 3.63) is 81.0 Å². The molecule has 2 aliphatic rings. The van der Waals surface area contributed by atoms with Crippen LogP contribution in [0.25, 0.3) is 0 Å². The maximum atomic E-state index is 13.8. The van der Waals surface area contributed by atoms with E-state index in [1.807, 2.05) is 13.8 Å². The number of alkyl halides is 3. The molecule has 0 radical (unpaired) electrons. The highest BCUT2D eigenvalue weighted by molar-refractivity contribution is 6.08. The predicted octanol–water partition coefficient (Wildman–Crippen LogP) is 5.78. The molecule has 33 heavy (non-hydrogen) atoms. The summed E-state index contributed by atoms with van der Waals surface area (Å²) in [6.45, 7) is 3.65. The Morgan fingerprint density at radius 3 is 2.42 bits per heavy atom. The second-order valence-corrected chi connectivity index (χ2v) is 9.15. The molecule has 1 atom stereocenters. The summed E-state index contributed by atoms with van der Waals surface area (Å²) in [6.07, 6.45) is -4.57. The average molecular weight is 458 g/mol. The van der Waals surface area contributed by atoms with Crippen LogP contribution in [-0.4, -0.2) is 16.6 Å². The van der Waals surface area contributed by atoms with Crippen LogP contribution in [0, 0.1) is 15.5 Å². The van der Waals surface area contributed by atoms with Crippen molar-refractivity contribution in [1.82, 2.24) is 0 Å². The van der Waals surface area contributed by atoms with Crippen LogP contribution in [0.1, 0.15) is 50.2 Å². The van der Waals surface area contributed by atoms with Crippen LogP contribution in [0.2, 0.25) is 0 Å². The van der Waals surface area contributed by atoms with E-state index in [0.717, 1.165) is 11.0 Å². The van der Waals surface area contributed by atoms with Gasteiger partial charge in [0, 0.05) is 42.2 Å². The predicted molar refractivity (Wildman–Crippen MR) is 114 cm³/mol. The highest BCUT2D eigenvalue weighted by atomic mass is 19.4. The molecule has 6 nitrogen and oxygen atoms in total. The quantitative estimate of drug-likeness (QED) is 0.432. The van der Waals surface area contributed by atoms with Crippen molar-refractivity contribution in [2.45, 2.75) is 45.2 Å². The topological polar surface area (TPSA) is 80.5 Å². The number of rotatable bonds is 3. The number of amides is 1. The van der Waals surface area contributed by atoms with Gasteiger partial charge in [-0.2, -0.15) is 13.2 Å². The summed E-state index contributed by atoms with van der Waals surface area (Å²) in [5, 5.41) is 11.2. The van der Waals surface area contributed by atoms with Gasteiger partial charge in [-0.05, 0) is 29.5 Å². The van der Waals surface area contributed by atoms with Gasteiger partial charge in [0.05, 0.1) is 16.2 Å². The highest BCUT2D eigenvalue weighted by Gasteiger charge is 2.46. The van der Waals surface area contributed by atoms with Gasteiger partial charge < -0.3 is 0 Å². The third kappa shape index (κ3) is 4.15. The molecule has 1 amide bonds. The molecule has 0 aromatic heterocycles.